The van der Waals surface area contributed by atoms with Crippen molar-refractivity contribution in [1.29, 1.82) is 0 Å². The molecule has 1 rings (SSSR count). The van der Waals surface area contributed by atoms with Crippen LogP contribution in [-0.2, 0) is 0 Å². The molecule has 13 heavy (non-hydrogen) atoms. The summed E-state index contributed by atoms with van der Waals surface area (Å²) < 4.78 is 19.9. The fraction of sp³-hybridized carbons (Fsp3) is 0.333. The number of ether oxygens (including phenoxy) is 1. The molecule has 0 amide bonds. The summed E-state index contributed by atoms with van der Waals surface area (Å²) in [5.74, 6) is 0.298. The van der Waals surface area contributed by atoms with Crippen molar-refractivity contribution in [2.75, 3.05) is 0 Å². The number of hydrogen-bond acceptors (Lipinski definition) is 1. The third kappa shape index (κ3) is 3.09. The fourth-order valence-electron chi connectivity index (χ4n) is 0.849. The van der Waals surface area contributed by atoms with E-state index in [0.717, 1.165) is 4.47 Å². The van der Waals surface area contributed by atoms with E-state index >= 15 is 0 Å². The van der Waals surface area contributed by atoms with E-state index in [2.05, 4.69) is 15.9 Å². The highest BCUT2D eigenvalue weighted by molar-refractivity contribution is 14.1. The van der Waals surface area contributed by atoms with Crippen molar-refractivity contribution in [3.63, 3.8) is 0 Å². The summed E-state index contributed by atoms with van der Waals surface area (Å²) in [6, 6.07) is 3.10. The highest BCUT2D eigenvalue weighted by Gasteiger charge is 2.08. The second-order valence-corrected chi connectivity index (χ2v) is 4.88. The Labute approximate surface area is 98.9 Å². The Balaban J connectivity index is 3.01. The molecule has 1 aromatic rings. The number of halogens is 3. The molecule has 0 spiro atoms. The van der Waals surface area contributed by atoms with Gasteiger partial charge in [0.2, 0.25) is 0 Å². The van der Waals surface area contributed by atoms with Crippen molar-refractivity contribution < 1.29 is 9.13 Å². The third-order valence-electron chi connectivity index (χ3n) is 1.34. The van der Waals surface area contributed by atoms with Crippen LogP contribution in [0.1, 0.15) is 13.8 Å². The second-order valence-electron chi connectivity index (χ2n) is 2.86. The molecule has 0 atom stereocenters. The van der Waals surface area contributed by atoms with Gasteiger partial charge >= 0.3 is 0 Å². The maximum Gasteiger partial charge on any atom is 0.140 e. The largest absolute Gasteiger partial charge is 0.490 e. The molecule has 0 bridgehead atoms. The highest BCUT2D eigenvalue weighted by atomic mass is 127. The minimum absolute atomic E-state index is 0.0516. The van der Waals surface area contributed by atoms with Gasteiger partial charge < -0.3 is 4.74 Å². The number of hydrogen-bond donors (Lipinski definition) is 0. The average molecular weight is 359 g/mol. The normalized spacial score (nSPS) is 10.6. The standard InChI is InChI=1S/C9H9BrFIO/c1-5(2)13-9-4-7(11)8(12)3-6(9)10/h3-5H,1-2H3. The molecule has 0 heterocycles. The maximum absolute atomic E-state index is 13.1. The van der Waals surface area contributed by atoms with Crippen molar-refractivity contribution in [2.24, 2.45) is 0 Å². The zero-order valence-electron chi connectivity index (χ0n) is 7.27. The molecular weight excluding hydrogens is 350 g/mol. The van der Waals surface area contributed by atoms with Gasteiger partial charge in [0.25, 0.3) is 0 Å². The van der Waals surface area contributed by atoms with E-state index < -0.39 is 0 Å². The Kier molecular flexibility index (Phi) is 3.97. The van der Waals surface area contributed by atoms with E-state index in [4.69, 9.17) is 4.74 Å². The van der Waals surface area contributed by atoms with Gasteiger partial charge in [-0.3, -0.25) is 0 Å². The summed E-state index contributed by atoms with van der Waals surface area (Å²) in [4.78, 5) is 0. The number of benzene rings is 1. The van der Waals surface area contributed by atoms with Gasteiger partial charge in [-0.05, 0) is 58.4 Å². The average Bonchev–Trinajstić information content (AvgIpc) is 1.99. The van der Waals surface area contributed by atoms with Gasteiger partial charge in [0.1, 0.15) is 11.6 Å². The molecule has 4 heteroatoms. The Morgan fingerprint density at radius 3 is 2.62 bits per heavy atom. The summed E-state index contributed by atoms with van der Waals surface area (Å²) >= 11 is 5.25. The lowest BCUT2D eigenvalue weighted by molar-refractivity contribution is 0.239. The Morgan fingerprint density at radius 2 is 2.08 bits per heavy atom. The zero-order chi connectivity index (χ0) is 10.0. The van der Waals surface area contributed by atoms with Gasteiger partial charge in [-0.1, -0.05) is 0 Å². The molecule has 0 radical (unpaired) electrons. The van der Waals surface area contributed by atoms with E-state index in [0.29, 0.717) is 9.32 Å². The number of rotatable bonds is 2. The molecular formula is C9H9BrFIO. The van der Waals surface area contributed by atoms with Crippen LogP contribution in [-0.4, -0.2) is 6.10 Å². The first-order valence-corrected chi connectivity index (χ1v) is 5.69. The SMILES string of the molecule is CC(C)Oc1cc(F)c(I)cc1Br. The lowest BCUT2D eigenvalue weighted by Crippen LogP contribution is -2.06. The van der Waals surface area contributed by atoms with Crippen molar-refractivity contribution in [3.8, 4) is 5.75 Å². The van der Waals surface area contributed by atoms with Crippen molar-refractivity contribution >= 4 is 38.5 Å². The van der Waals surface area contributed by atoms with E-state index in [9.17, 15) is 4.39 Å². The Bertz CT molecular complexity index is 315. The van der Waals surface area contributed by atoms with Gasteiger partial charge in [0, 0.05) is 6.07 Å². The predicted octanol–water partition coefficient (Wildman–Crippen LogP) is 3.98. The first kappa shape index (κ1) is 11.2. The summed E-state index contributed by atoms with van der Waals surface area (Å²) in [6.07, 6.45) is 0.0516. The minimum Gasteiger partial charge on any atom is -0.490 e. The summed E-state index contributed by atoms with van der Waals surface area (Å²) in [5, 5.41) is 0. The van der Waals surface area contributed by atoms with Crippen LogP contribution in [0.2, 0.25) is 0 Å². The lowest BCUT2D eigenvalue weighted by atomic mass is 10.3. The van der Waals surface area contributed by atoms with E-state index in [-0.39, 0.29) is 11.9 Å². The summed E-state index contributed by atoms with van der Waals surface area (Å²) in [5.41, 5.74) is 0. The molecule has 0 aliphatic carbocycles. The van der Waals surface area contributed by atoms with Crippen molar-refractivity contribution in [1.82, 2.24) is 0 Å². The highest BCUT2D eigenvalue weighted by Crippen LogP contribution is 2.29. The first-order chi connectivity index (χ1) is 6.00. The van der Waals surface area contributed by atoms with Crippen molar-refractivity contribution in [2.45, 2.75) is 20.0 Å². The molecule has 0 unspecified atom stereocenters. The van der Waals surface area contributed by atoms with Crippen LogP contribution in [0.4, 0.5) is 4.39 Å². The lowest BCUT2D eigenvalue weighted by Gasteiger charge is -2.11. The van der Waals surface area contributed by atoms with Gasteiger partial charge in [-0.25, -0.2) is 4.39 Å². The van der Waals surface area contributed by atoms with Crippen LogP contribution in [0.15, 0.2) is 16.6 Å². The fourth-order valence-corrected chi connectivity index (χ4v) is 2.18. The summed E-state index contributed by atoms with van der Waals surface area (Å²) in [6.45, 7) is 3.81. The van der Waals surface area contributed by atoms with Crippen LogP contribution < -0.4 is 4.74 Å². The van der Waals surface area contributed by atoms with E-state index in [1.165, 1.54) is 6.07 Å². The second kappa shape index (κ2) is 4.59. The van der Waals surface area contributed by atoms with Crippen LogP contribution in [0.25, 0.3) is 0 Å². The molecule has 1 aromatic carbocycles. The van der Waals surface area contributed by atoms with E-state index in [1.807, 2.05) is 36.4 Å². The Hall–Kier alpha value is 0.160. The quantitative estimate of drug-likeness (QED) is 0.574. The van der Waals surface area contributed by atoms with Crippen LogP contribution >= 0.6 is 38.5 Å². The molecule has 0 fully saturated rings. The topological polar surface area (TPSA) is 9.23 Å². The predicted molar refractivity (Wildman–Crippen MR) is 62.6 cm³/mol. The van der Waals surface area contributed by atoms with Gasteiger partial charge in [-0.2, -0.15) is 0 Å². The molecule has 0 aromatic heterocycles. The van der Waals surface area contributed by atoms with Gasteiger partial charge in [-0.15, -0.1) is 0 Å². The molecule has 0 aliphatic heterocycles. The molecule has 0 saturated heterocycles. The van der Waals surface area contributed by atoms with Crippen molar-refractivity contribution in [3.05, 3.63) is 26.0 Å². The maximum atomic E-state index is 13.1. The monoisotopic (exact) mass is 358 g/mol. The van der Waals surface area contributed by atoms with Crippen LogP contribution in [0, 0.1) is 9.39 Å². The van der Waals surface area contributed by atoms with E-state index in [1.54, 1.807) is 6.07 Å². The minimum atomic E-state index is -0.251. The molecule has 72 valence electrons. The summed E-state index contributed by atoms with van der Waals surface area (Å²) in [7, 11) is 0. The third-order valence-corrected chi connectivity index (χ3v) is 2.78. The zero-order valence-corrected chi connectivity index (χ0v) is 11.0. The molecule has 0 saturated carbocycles. The van der Waals surface area contributed by atoms with Gasteiger partial charge in [0.15, 0.2) is 0 Å². The van der Waals surface area contributed by atoms with Crippen LogP contribution in [0.5, 0.6) is 5.75 Å². The van der Waals surface area contributed by atoms with Gasteiger partial charge in [0.05, 0.1) is 14.1 Å². The smallest absolute Gasteiger partial charge is 0.140 e. The first-order valence-electron chi connectivity index (χ1n) is 3.82. The molecule has 0 N–H and O–H groups in total. The van der Waals surface area contributed by atoms with Crippen LogP contribution in [0.3, 0.4) is 0 Å². The molecule has 0 aliphatic rings. The molecule has 1 nitrogen and oxygen atoms in total. The Morgan fingerprint density at radius 1 is 1.46 bits per heavy atom.